The van der Waals surface area contributed by atoms with Gasteiger partial charge in [0.25, 0.3) is 0 Å². The SMILES string of the molecule is COCn1ccnc1-c1ccc2c(c1)CC1=C2C(=O)c2ccc(OC[C@H](O)CO)cc2C1(C)C. The van der Waals surface area contributed by atoms with E-state index in [1.165, 1.54) is 0 Å². The smallest absolute Gasteiger partial charge is 0.193 e. The molecule has 5 rings (SSSR count). The summed E-state index contributed by atoms with van der Waals surface area (Å²) in [5.74, 6) is 1.42. The summed E-state index contributed by atoms with van der Waals surface area (Å²) in [5, 5.41) is 18.7. The average molecular weight is 461 g/mol. The molecular formula is C27H28N2O5. The molecule has 0 unspecified atom stereocenters. The number of carbonyl (C=O) groups is 1. The van der Waals surface area contributed by atoms with Crippen molar-refractivity contribution in [2.24, 2.45) is 0 Å². The van der Waals surface area contributed by atoms with Gasteiger partial charge in [-0.15, -0.1) is 0 Å². The van der Waals surface area contributed by atoms with Gasteiger partial charge in [0, 0.05) is 41.6 Å². The molecule has 0 spiro atoms. The van der Waals surface area contributed by atoms with E-state index in [9.17, 15) is 9.90 Å². The number of benzene rings is 2. The van der Waals surface area contributed by atoms with Gasteiger partial charge in [0.15, 0.2) is 5.78 Å². The van der Waals surface area contributed by atoms with Crippen LogP contribution in [0.4, 0.5) is 0 Å². The minimum absolute atomic E-state index is 0.00927. The monoisotopic (exact) mass is 460 g/mol. The number of ether oxygens (including phenoxy) is 2. The van der Waals surface area contributed by atoms with Gasteiger partial charge in [-0.25, -0.2) is 4.98 Å². The fourth-order valence-electron chi connectivity index (χ4n) is 5.04. The lowest BCUT2D eigenvalue weighted by Gasteiger charge is -2.34. The molecule has 3 aromatic rings. The van der Waals surface area contributed by atoms with Crippen molar-refractivity contribution in [3.63, 3.8) is 0 Å². The van der Waals surface area contributed by atoms with Crippen LogP contribution in [-0.2, 0) is 23.3 Å². The first-order valence-electron chi connectivity index (χ1n) is 11.3. The number of rotatable bonds is 7. The maximum atomic E-state index is 13.6. The van der Waals surface area contributed by atoms with Crippen LogP contribution in [0.1, 0.15) is 40.9 Å². The molecule has 2 aromatic carbocycles. The summed E-state index contributed by atoms with van der Waals surface area (Å²) in [6, 6.07) is 11.6. The Labute approximate surface area is 198 Å². The van der Waals surface area contributed by atoms with E-state index < -0.39 is 6.10 Å². The van der Waals surface area contributed by atoms with Gasteiger partial charge >= 0.3 is 0 Å². The zero-order chi connectivity index (χ0) is 24.0. The molecule has 0 amide bonds. The largest absolute Gasteiger partial charge is 0.491 e. The lowest BCUT2D eigenvalue weighted by atomic mass is 9.68. The first kappa shape index (κ1) is 22.5. The van der Waals surface area contributed by atoms with Crippen molar-refractivity contribution in [2.45, 2.75) is 38.5 Å². The summed E-state index contributed by atoms with van der Waals surface area (Å²) in [6.45, 7) is 4.32. The summed E-state index contributed by atoms with van der Waals surface area (Å²) >= 11 is 0. The number of Topliss-reactive ketones (excluding diaryl/α,β-unsaturated/α-hetero) is 1. The van der Waals surface area contributed by atoms with Gasteiger partial charge in [-0.3, -0.25) is 4.79 Å². The van der Waals surface area contributed by atoms with E-state index in [4.69, 9.17) is 14.6 Å². The average Bonchev–Trinajstić information content (AvgIpc) is 3.46. The third-order valence-corrected chi connectivity index (χ3v) is 6.83. The first-order valence-corrected chi connectivity index (χ1v) is 11.3. The minimum Gasteiger partial charge on any atom is -0.491 e. The summed E-state index contributed by atoms with van der Waals surface area (Å²) < 4.78 is 12.9. The van der Waals surface area contributed by atoms with E-state index in [2.05, 4.69) is 24.9 Å². The number of imidazole rings is 1. The molecule has 34 heavy (non-hydrogen) atoms. The highest BCUT2D eigenvalue weighted by molar-refractivity contribution is 6.33. The second kappa shape index (κ2) is 8.51. The Bertz CT molecular complexity index is 1300. The molecule has 0 saturated carbocycles. The van der Waals surface area contributed by atoms with Crippen molar-refractivity contribution >= 4 is 11.4 Å². The van der Waals surface area contributed by atoms with Crippen LogP contribution in [-0.4, -0.2) is 52.0 Å². The zero-order valence-corrected chi connectivity index (χ0v) is 19.5. The predicted octanol–water partition coefficient (Wildman–Crippen LogP) is 3.37. The molecule has 1 atom stereocenters. The third kappa shape index (κ3) is 3.57. The number of ketones is 1. The number of allylic oxidation sites excluding steroid dienone is 2. The van der Waals surface area contributed by atoms with E-state index in [-0.39, 0.29) is 24.4 Å². The second-order valence-corrected chi connectivity index (χ2v) is 9.35. The third-order valence-electron chi connectivity index (χ3n) is 6.83. The quantitative estimate of drug-likeness (QED) is 0.562. The standard InChI is InChI=1S/C27H28N2O5/c1-27(2)22-12-19(34-14-18(31)13-30)5-7-21(22)25(32)24-20-6-4-16(10-17(20)11-23(24)27)26-28-8-9-29(26)15-33-3/h4-10,12,18,30-31H,11,13-15H2,1-3H3/t18-/m1/s1. The molecular weight excluding hydrogens is 432 g/mol. The normalized spacial score (nSPS) is 16.8. The fraction of sp³-hybridized carbons (Fsp3) is 0.333. The molecule has 0 aliphatic heterocycles. The fourth-order valence-corrected chi connectivity index (χ4v) is 5.04. The minimum atomic E-state index is -0.946. The molecule has 2 aliphatic rings. The molecule has 1 heterocycles. The Kier molecular flexibility index (Phi) is 5.64. The Hall–Kier alpha value is -3.26. The molecule has 0 saturated heterocycles. The summed E-state index contributed by atoms with van der Waals surface area (Å²) in [4.78, 5) is 18.1. The van der Waals surface area contributed by atoms with Crippen LogP contribution >= 0.6 is 0 Å². The number of nitrogens with zero attached hydrogens (tertiary/aromatic N) is 2. The number of hydrogen-bond donors (Lipinski definition) is 2. The van der Waals surface area contributed by atoms with Crippen molar-refractivity contribution < 1.29 is 24.5 Å². The van der Waals surface area contributed by atoms with Crippen LogP contribution in [0.15, 0.2) is 54.4 Å². The van der Waals surface area contributed by atoms with E-state index in [0.717, 1.165) is 39.2 Å². The van der Waals surface area contributed by atoms with E-state index >= 15 is 0 Å². The highest BCUT2D eigenvalue weighted by atomic mass is 16.5. The van der Waals surface area contributed by atoms with Crippen LogP contribution in [0.2, 0.25) is 0 Å². The number of aliphatic hydroxyl groups is 2. The van der Waals surface area contributed by atoms with Crippen LogP contribution in [0.25, 0.3) is 17.0 Å². The zero-order valence-electron chi connectivity index (χ0n) is 19.5. The van der Waals surface area contributed by atoms with Crippen molar-refractivity contribution in [3.8, 4) is 17.1 Å². The molecule has 176 valence electrons. The van der Waals surface area contributed by atoms with E-state index in [1.807, 2.05) is 29.0 Å². The van der Waals surface area contributed by atoms with Crippen LogP contribution < -0.4 is 4.74 Å². The van der Waals surface area contributed by atoms with Crippen LogP contribution in [0.3, 0.4) is 0 Å². The topological polar surface area (TPSA) is 93.8 Å². The van der Waals surface area contributed by atoms with Gasteiger partial charge in [0.1, 0.15) is 31.0 Å². The number of carbonyl (C=O) groups excluding carboxylic acids is 1. The molecule has 0 bridgehead atoms. The number of aromatic nitrogens is 2. The summed E-state index contributed by atoms with van der Waals surface area (Å²) in [6.07, 6.45) is 3.39. The van der Waals surface area contributed by atoms with E-state index in [0.29, 0.717) is 24.5 Å². The number of methoxy groups -OCH3 is 1. The lowest BCUT2D eigenvalue weighted by molar-refractivity contribution is 0.0535. The predicted molar refractivity (Wildman–Crippen MR) is 128 cm³/mol. The van der Waals surface area contributed by atoms with Gasteiger partial charge in [-0.05, 0) is 52.9 Å². The van der Waals surface area contributed by atoms with Crippen molar-refractivity contribution in [1.29, 1.82) is 0 Å². The van der Waals surface area contributed by atoms with Gasteiger partial charge in [-0.1, -0.05) is 26.0 Å². The van der Waals surface area contributed by atoms with Crippen LogP contribution in [0, 0.1) is 0 Å². The highest BCUT2D eigenvalue weighted by Gasteiger charge is 2.43. The number of aliphatic hydroxyl groups excluding tert-OH is 2. The van der Waals surface area contributed by atoms with Gasteiger partial charge in [0.2, 0.25) is 0 Å². The van der Waals surface area contributed by atoms with Crippen molar-refractivity contribution in [3.05, 3.63) is 76.6 Å². The lowest BCUT2D eigenvalue weighted by Crippen LogP contribution is -2.30. The Morgan fingerprint density at radius 2 is 1.97 bits per heavy atom. The van der Waals surface area contributed by atoms with E-state index in [1.54, 1.807) is 25.4 Å². The van der Waals surface area contributed by atoms with Crippen molar-refractivity contribution in [1.82, 2.24) is 9.55 Å². The number of hydrogen-bond acceptors (Lipinski definition) is 6. The molecule has 0 fully saturated rings. The van der Waals surface area contributed by atoms with Gasteiger partial charge in [-0.2, -0.15) is 0 Å². The number of fused-ring (bicyclic) bond motifs is 3. The van der Waals surface area contributed by atoms with Crippen LogP contribution in [0.5, 0.6) is 5.75 Å². The Morgan fingerprint density at radius 1 is 1.18 bits per heavy atom. The van der Waals surface area contributed by atoms with Gasteiger partial charge in [0.05, 0.1) is 6.61 Å². The molecule has 7 nitrogen and oxygen atoms in total. The second-order valence-electron chi connectivity index (χ2n) is 9.35. The molecule has 7 heteroatoms. The van der Waals surface area contributed by atoms with Gasteiger partial charge < -0.3 is 24.3 Å². The molecule has 1 aromatic heterocycles. The Morgan fingerprint density at radius 3 is 2.74 bits per heavy atom. The molecule has 0 radical (unpaired) electrons. The maximum Gasteiger partial charge on any atom is 0.193 e. The highest BCUT2D eigenvalue weighted by Crippen LogP contribution is 2.50. The molecule has 2 aliphatic carbocycles. The summed E-state index contributed by atoms with van der Waals surface area (Å²) in [7, 11) is 1.65. The van der Waals surface area contributed by atoms with Crippen molar-refractivity contribution in [2.75, 3.05) is 20.3 Å². The first-order chi connectivity index (χ1) is 16.3. The Balaban J connectivity index is 1.50. The summed E-state index contributed by atoms with van der Waals surface area (Å²) in [5.41, 5.74) is 6.20. The molecule has 2 N–H and O–H groups in total. The maximum absolute atomic E-state index is 13.6.